The van der Waals surface area contributed by atoms with Gasteiger partial charge in [-0.2, -0.15) is 0 Å². The van der Waals surface area contributed by atoms with Gasteiger partial charge in [-0.25, -0.2) is 4.79 Å². The van der Waals surface area contributed by atoms with Crippen molar-refractivity contribution in [3.63, 3.8) is 0 Å². The first-order valence-corrected chi connectivity index (χ1v) is 5.69. The number of carbonyl (C=O) groups is 2. The molecule has 1 aromatic heterocycles. The summed E-state index contributed by atoms with van der Waals surface area (Å²) in [7, 11) is 0. The lowest BCUT2D eigenvalue weighted by Gasteiger charge is -2.03. The van der Waals surface area contributed by atoms with Crippen molar-refractivity contribution in [2.24, 2.45) is 0 Å². The first-order valence-electron chi connectivity index (χ1n) is 5.69. The van der Waals surface area contributed by atoms with Crippen molar-refractivity contribution in [1.29, 1.82) is 0 Å². The lowest BCUT2D eigenvalue weighted by atomic mass is 10.00. The highest BCUT2D eigenvalue weighted by atomic mass is 16.5. The molecule has 0 spiro atoms. The Morgan fingerprint density at radius 1 is 1.47 bits per heavy atom. The summed E-state index contributed by atoms with van der Waals surface area (Å²) in [4.78, 5) is 22.4. The molecule has 2 aromatic rings. The highest BCUT2D eigenvalue weighted by molar-refractivity contribution is 6.00. The van der Waals surface area contributed by atoms with Crippen LogP contribution in [0.15, 0.2) is 22.7 Å². The molecule has 2 heterocycles. The van der Waals surface area contributed by atoms with Crippen LogP contribution in [0.1, 0.15) is 21.8 Å². The molecule has 2 N–H and O–H groups in total. The van der Waals surface area contributed by atoms with Crippen LogP contribution in [0.25, 0.3) is 11.1 Å². The number of rotatable bonds is 2. The number of aromatic nitrogens is 1. The molecular weight excluding hydrogens is 248 g/mol. The average molecular weight is 258 g/mol. The van der Waals surface area contributed by atoms with E-state index in [2.05, 4.69) is 10.5 Å². The molecule has 1 aliphatic heterocycles. The lowest BCUT2D eigenvalue weighted by molar-refractivity contribution is -0.115. The van der Waals surface area contributed by atoms with Crippen LogP contribution in [0.2, 0.25) is 0 Å². The third-order valence-electron chi connectivity index (χ3n) is 3.08. The molecule has 0 atom stereocenters. The minimum atomic E-state index is -1.14. The first-order chi connectivity index (χ1) is 9.06. The van der Waals surface area contributed by atoms with Crippen LogP contribution in [0, 0.1) is 6.92 Å². The quantitative estimate of drug-likeness (QED) is 0.857. The molecule has 1 amide bonds. The summed E-state index contributed by atoms with van der Waals surface area (Å²) in [6.45, 7) is 1.66. The highest BCUT2D eigenvalue weighted by Crippen LogP contribution is 2.32. The third kappa shape index (κ3) is 1.77. The summed E-state index contributed by atoms with van der Waals surface area (Å²) in [5.74, 6) is -0.760. The van der Waals surface area contributed by atoms with E-state index in [0.717, 1.165) is 11.3 Å². The molecular formula is C13H10N2O4. The molecule has 0 aliphatic carbocycles. The number of nitrogens with one attached hydrogen (secondary N) is 1. The number of hydrogen-bond acceptors (Lipinski definition) is 4. The summed E-state index contributed by atoms with van der Waals surface area (Å²) < 4.78 is 4.94. The Morgan fingerprint density at radius 3 is 3.00 bits per heavy atom. The fourth-order valence-corrected chi connectivity index (χ4v) is 2.24. The Kier molecular flexibility index (Phi) is 2.38. The van der Waals surface area contributed by atoms with Crippen molar-refractivity contribution in [1.82, 2.24) is 5.16 Å². The van der Waals surface area contributed by atoms with Gasteiger partial charge in [-0.05, 0) is 30.2 Å². The Balaban J connectivity index is 2.14. The number of fused-ring (bicyclic) bond motifs is 1. The predicted molar refractivity (Wildman–Crippen MR) is 66.0 cm³/mol. The standard InChI is InChI=1S/C13H10N2O4/c1-6-11(12(13(17)18)15-19-6)7-2-3-9-8(4-7)5-10(16)14-9/h2-4H,5H2,1H3,(H,14,16)(H,17,18). The Bertz CT molecular complexity index is 703. The summed E-state index contributed by atoms with van der Waals surface area (Å²) >= 11 is 0. The van der Waals surface area contributed by atoms with Crippen molar-refractivity contribution in [3.05, 3.63) is 35.2 Å². The predicted octanol–water partition coefficient (Wildman–Crippen LogP) is 1.84. The number of carboxylic acid groups (broad SMARTS) is 1. The van der Waals surface area contributed by atoms with Crippen molar-refractivity contribution < 1.29 is 19.2 Å². The normalized spacial score (nSPS) is 13.2. The number of carbonyl (C=O) groups excluding carboxylic acids is 1. The molecule has 0 saturated carbocycles. The summed E-state index contributed by atoms with van der Waals surface area (Å²) in [6.07, 6.45) is 0.301. The van der Waals surface area contributed by atoms with Crippen LogP contribution in [-0.4, -0.2) is 22.1 Å². The number of amides is 1. The first kappa shape index (κ1) is 11.5. The number of nitrogens with zero attached hydrogens (tertiary/aromatic N) is 1. The van der Waals surface area contributed by atoms with E-state index >= 15 is 0 Å². The van der Waals surface area contributed by atoms with Crippen molar-refractivity contribution in [2.75, 3.05) is 5.32 Å². The minimum absolute atomic E-state index is 0.0624. The van der Waals surface area contributed by atoms with E-state index < -0.39 is 5.97 Å². The van der Waals surface area contributed by atoms with Crippen molar-refractivity contribution >= 4 is 17.6 Å². The van der Waals surface area contributed by atoms with E-state index in [0.29, 0.717) is 23.3 Å². The van der Waals surface area contributed by atoms with Gasteiger partial charge in [0.2, 0.25) is 5.91 Å². The molecule has 0 fully saturated rings. The van der Waals surface area contributed by atoms with Crippen LogP contribution in [0.3, 0.4) is 0 Å². The fourth-order valence-electron chi connectivity index (χ4n) is 2.24. The lowest BCUT2D eigenvalue weighted by Crippen LogP contribution is -2.03. The van der Waals surface area contributed by atoms with Gasteiger partial charge in [0.25, 0.3) is 0 Å². The molecule has 19 heavy (non-hydrogen) atoms. The summed E-state index contributed by atoms with van der Waals surface area (Å²) in [6, 6.07) is 5.29. The SMILES string of the molecule is Cc1onc(C(=O)O)c1-c1ccc2c(c1)CC(=O)N2. The average Bonchev–Trinajstić information content (AvgIpc) is 2.89. The second-order valence-electron chi connectivity index (χ2n) is 4.36. The fraction of sp³-hybridized carbons (Fsp3) is 0.154. The third-order valence-corrected chi connectivity index (χ3v) is 3.08. The van der Waals surface area contributed by atoms with Gasteiger partial charge in [0.15, 0.2) is 5.69 Å². The number of aryl methyl sites for hydroxylation is 1. The maximum absolute atomic E-state index is 11.3. The molecule has 6 nitrogen and oxygen atoms in total. The van der Waals surface area contributed by atoms with Gasteiger partial charge < -0.3 is 14.9 Å². The second-order valence-corrected chi connectivity index (χ2v) is 4.36. The van der Waals surface area contributed by atoms with E-state index in [1.807, 2.05) is 0 Å². The molecule has 0 unspecified atom stereocenters. The molecule has 0 bridgehead atoms. The Morgan fingerprint density at radius 2 is 2.26 bits per heavy atom. The molecule has 0 radical (unpaired) electrons. The maximum atomic E-state index is 11.3. The van der Waals surface area contributed by atoms with Crippen LogP contribution in [0.5, 0.6) is 0 Å². The second kappa shape index (κ2) is 3.94. The van der Waals surface area contributed by atoms with Crippen LogP contribution in [0.4, 0.5) is 5.69 Å². The van der Waals surface area contributed by atoms with Crippen LogP contribution >= 0.6 is 0 Å². The monoisotopic (exact) mass is 258 g/mol. The molecule has 1 aromatic carbocycles. The number of benzene rings is 1. The van der Waals surface area contributed by atoms with E-state index in [9.17, 15) is 9.59 Å². The number of anilines is 1. The zero-order valence-corrected chi connectivity index (χ0v) is 10.1. The number of aromatic carboxylic acids is 1. The van der Waals surface area contributed by atoms with E-state index in [1.165, 1.54) is 0 Å². The van der Waals surface area contributed by atoms with Gasteiger partial charge in [-0.15, -0.1) is 0 Å². The summed E-state index contributed by atoms with van der Waals surface area (Å²) in [5.41, 5.74) is 2.63. The van der Waals surface area contributed by atoms with Gasteiger partial charge in [0, 0.05) is 5.69 Å². The van der Waals surface area contributed by atoms with Crippen LogP contribution in [-0.2, 0) is 11.2 Å². The summed E-state index contributed by atoms with van der Waals surface area (Å²) in [5, 5.41) is 15.4. The maximum Gasteiger partial charge on any atom is 0.358 e. The van der Waals surface area contributed by atoms with E-state index in [4.69, 9.17) is 9.63 Å². The molecule has 96 valence electrons. The van der Waals surface area contributed by atoms with Gasteiger partial charge in [-0.1, -0.05) is 11.2 Å². The molecule has 3 rings (SSSR count). The Hall–Kier alpha value is -2.63. The zero-order valence-electron chi connectivity index (χ0n) is 10.1. The van der Waals surface area contributed by atoms with Crippen molar-refractivity contribution in [2.45, 2.75) is 13.3 Å². The van der Waals surface area contributed by atoms with Crippen LogP contribution < -0.4 is 5.32 Å². The Labute approximate surface area is 108 Å². The topological polar surface area (TPSA) is 92.4 Å². The van der Waals surface area contributed by atoms with Gasteiger partial charge in [0.1, 0.15) is 5.76 Å². The van der Waals surface area contributed by atoms with Crippen molar-refractivity contribution in [3.8, 4) is 11.1 Å². The molecule has 0 saturated heterocycles. The van der Waals surface area contributed by atoms with Gasteiger partial charge in [-0.3, -0.25) is 4.79 Å². The highest BCUT2D eigenvalue weighted by Gasteiger charge is 2.23. The minimum Gasteiger partial charge on any atom is -0.476 e. The largest absolute Gasteiger partial charge is 0.476 e. The van der Waals surface area contributed by atoms with Gasteiger partial charge in [0.05, 0.1) is 12.0 Å². The molecule has 1 aliphatic rings. The van der Waals surface area contributed by atoms with E-state index in [-0.39, 0.29) is 11.6 Å². The van der Waals surface area contributed by atoms with E-state index in [1.54, 1.807) is 25.1 Å². The zero-order chi connectivity index (χ0) is 13.6. The molecule has 6 heteroatoms. The number of hydrogen-bond donors (Lipinski definition) is 2. The number of carboxylic acids is 1. The smallest absolute Gasteiger partial charge is 0.358 e. The van der Waals surface area contributed by atoms with Gasteiger partial charge >= 0.3 is 5.97 Å².